The maximum atomic E-state index is 12.0. The minimum absolute atomic E-state index is 0.00940. The van der Waals surface area contributed by atoms with Gasteiger partial charge in [0.05, 0.1) is 0 Å². The van der Waals surface area contributed by atoms with Crippen LogP contribution in [0.1, 0.15) is 34.5 Å². The van der Waals surface area contributed by atoms with Crippen LogP contribution in [0.2, 0.25) is 0 Å². The Balaban J connectivity index is 1.87. The van der Waals surface area contributed by atoms with Gasteiger partial charge in [-0.3, -0.25) is 4.79 Å². The van der Waals surface area contributed by atoms with Crippen molar-refractivity contribution in [3.63, 3.8) is 0 Å². The highest BCUT2D eigenvalue weighted by molar-refractivity contribution is 5.98. The van der Waals surface area contributed by atoms with Gasteiger partial charge in [-0.15, -0.1) is 0 Å². The van der Waals surface area contributed by atoms with Gasteiger partial charge in [0.1, 0.15) is 5.69 Å². The molecule has 1 aromatic carbocycles. The van der Waals surface area contributed by atoms with Gasteiger partial charge in [0, 0.05) is 17.4 Å². The summed E-state index contributed by atoms with van der Waals surface area (Å²) in [6.45, 7) is 4.95. The Hall–Kier alpha value is -1.77. The second-order valence-electron chi connectivity index (χ2n) is 5.38. The Morgan fingerprint density at radius 3 is 2.83 bits per heavy atom. The minimum Gasteiger partial charge on any atom is -0.350 e. The Labute approximate surface area is 107 Å². The molecule has 3 rings (SSSR count). The van der Waals surface area contributed by atoms with Crippen LogP contribution in [0.25, 0.3) is 10.9 Å². The van der Waals surface area contributed by atoms with E-state index in [0.717, 1.165) is 17.4 Å². The molecule has 0 spiro atoms. The first-order valence-corrected chi connectivity index (χ1v) is 6.51. The molecule has 3 heteroatoms. The molecule has 18 heavy (non-hydrogen) atoms. The number of aromatic nitrogens is 1. The molecular formula is C15H18N2O. The summed E-state index contributed by atoms with van der Waals surface area (Å²) in [5, 5.41) is 4.10. The highest BCUT2D eigenvalue weighted by Gasteiger charge is 2.22. The zero-order chi connectivity index (χ0) is 12.7. The molecule has 2 aromatic rings. The summed E-state index contributed by atoms with van der Waals surface area (Å²) in [6, 6.07) is 6.18. The van der Waals surface area contributed by atoms with E-state index in [9.17, 15) is 4.79 Å². The number of H-pyrrole nitrogens is 1. The minimum atomic E-state index is 0.00940. The Kier molecular flexibility index (Phi) is 2.62. The molecule has 1 aromatic heterocycles. The van der Waals surface area contributed by atoms with Gasteiger partial charge in [0.2, 0.25) is 0 Å². The van der Waals surface area contributed by atoms with Gasteiger partial charge in [-0.25, -0.2) is 0 Å². The summed E-state index contributed by atoms with van der Waals surface area (Å²) in [7, 11) is 0. The number of rotatable bonds is 3. The monoisotopic (exact) mass is 242 g/mol. The van der Waals surface area contributed by atoms with E-state index in [2.05, 4.69) is 36.3 Å². The van der Waals surface area contributed by atoms with E-state index in [-0.39, 0.29) is 5.91 Å². The average Bonchev–Trinajstić information content (AvgIpc) is 3.04. The van der Waals surface area contributed by atoms with Crippen molar-refractivity contribution in [3.05, 3.63) is 35.0 Å². The van der Waals surface area contributed by atoms with E-state index in [1.54, 1.807) is 0 Å². The van der Waals surface area contributed by atoms with Gasteiger partial charge in [-0.1, -0.05) is 11.6 Å². The van der Waals surface area contributed by atoms with E-state index in [1.165, 1.54) is 24.0 Å². The molecule has 0 saturated heterocycles. The molecule has 1 amide bonds. The third-order valence-corrected chi connectivity index (χ3v) is 3.56. The van der Waals surface area contributed by atoms with Gasteiger partial charge in [0.15, 0.2) is 0 Å². The predicted octanol–water partition coefficient (Wildman–Crippen LogP) is 2.92. The highest BCUT2D eigenvalue weighted by atomic mass is 16.1. The standard InChI is InChI=1S/C15H18N2O/c1-9-5-10(2)14-12(6-9)7-13(17-14)15(18)16-8-11-3-4-11/h5-7,11,17H,3-4,8H2,1-2H3,(H,16,18). The fraction of sp³-hybridized carbons (Fsp3) is 0.400. The van der Waals surface area contributed by atoms with Crippen LogP contribution in [0.4, 0.5) is 0 Å². The lowest BCUT2D eigenvalue weighted by atomic mass is 10.1. The van der Waals surface area contributed by atoms with Crippen molar-refractivity contribution in [1.82, 2.24) is 10.3 Å². The fourth-order valence-corrected chi connectivity index (χ4v) is 2.39. The molecule has 0 radical (unpaired) electrons. The molecule has 1 aliphatic carbocycles. The van der Waals surface area contributed by atoms with Crippen LogP contribution in [0.3, 0.4) is 0 Å². The number of benzene rings is 1. The van der Waals surface area contributed by atoms with Crippen molar-refractivity contribution < 1.29 is 4.79 Å². The number of amides is 1. The summed E-state index contributed by atoms with van der Waals surface area (Å²) >= 11 is 0. The normalized spacial score (nSPS) is 15.0. The van der Waals surface area contributed by atoms with Crippen LogP contribution < -0.4 is 5.32 Å². The summed E-state index contributed by atoms with van der Waals surface area (Å²) < 4.78 is 0. The van der Waals surface area contributed by atoms with Crippen LogP contribution in [-0.4, -0.2) is 17.4 Å². The molecule has 0 unspecified atom stereocenters. The highest BCUT2D eigenvalue weighted by Crippen LogP contribution is 2.27. The molecular weight excluding hydrogens is 224 g/mol. The van der Waals surface area contributed by atoms with Crippen LogP contribution in [-0.2, 0) is 0 Å². The maximum Gasteiger partial charge on any atom is 0.267 e. The first kappa shape index (κ1) is 11.3. The van der Waals surface area contributed by atoms with Crippen molar-refractivity contribution in [3.8, 4) is 0 Å². The molecule has 0 aliphatic heterocycles. The molecule has 0 atom stereocenters. The third kappa shape index (κ3) is 2.13. The summed E-state index contributed by atoms with van der Waals surface area (Å²) in [4.78, 5) is 15.2. The SMILES string of the molecule is Cc1cc(C)c2[nH]c(C(=O)NCC3CC3)cc2c1. The number of aryl methyl sites for hydroxylation is 2. The third-order valence-electron chi connectivity index (χ3n) is 3.56. The smallest absolute Gasteiger partial charge is 0.267 e. The molecule has 1 aliphatic rings. The first-order valence-electron chi connectivity index (χ1n) is 6.51. The topological polar surface area (TPSA) is 44.9 Å². The Morgan fingerprint density at radius 1 is 1.33 bits per heavy atom. The second-order valence-corrected chi connectivity index (χ2v) is 5.38. The lowest BCUT2D eigenvalue weighted by Crippen LogP contribution is -2.25. The van der Waals surface area contributed by atoms with Gasteiger partial charge in [-0.2, -0.15) is 0 Å². The molecule has 3 nitrogen and oxygen atoms in total. The molecule has 1 fully saturated rings. The van der Waals surface area contributed by atoms with Crippen molar-refractivity contribution >= 4 is 16.8 Å². The lowest BCUT2D eigenvalue weighted by molar-refractivity contribution is 0.0947. The van der Waals surface area contributed by atoms with E-state index < -0.39 is 0 Å². The number of carbonyl (C=O) groups excluding carboxylic acids is 1. The van der Waals surface area contributed by atoms with Crippen molar-refractivity contribution in [2.45, 2.75) is 26.7 Å². The van der Waals surface area contributed by atoms with E-state index in [4.69, 9.17) is 0 Å². The Morgan fingerprint density at radius 2 is 2.11 bits per heavy atom. The van der Waals surface area contributed by atoms with Crippen molar-refractivity contribution in [2.75, 3.05) is 6.54 Å². The Bertz CT molecular complexity index is 608. The number of fused-ring (bicyclic) bond motifs is 1. The van der Waals surface area contributed by atoms with Crippen LogP contribution >= 0.6 is 0 Å². The average molecular weight is 242 g/mol. The van der Waals surface area contributed by atoms with Crippen LogP contribution in [0.5, 0.6) is 0 Å². The van der Waals surface area contributed by atoms with Crippen molar-refractivity contribution in [1.29, 1.82) is 0 Å². The first-order chi connectivity index (χ1) is 8.63. The number of hydrogen-bond donors (Lipinski definition) is 2. The molecule has 0 bridgehead atoms. The van der Waals surface area contributed by atoms with Gasteiger partial charge < -0.3 is 10.3 Å². The van der Waals surface area contributed by atoms with Gasteiger partial charge >= 0.3 is 0 Å². The van der Waals surface area contributed by atoms with Gasteiger partial charge in [-0.05, 0) is 50.3 Å². The largest absolute Gasteiger partial charge is 0.350 e. The second kappa shape index (κ2) is 4.16. The van der Waals surface area contributed by atoms with E-state index in [0.29, 0.717) is 11.6 Å². The molecule has 2 N–H and O–H groups in total. The van der Waals surface area contributed by atoms with Crippen LogP contribution in [0.15, 0.2) is 18.2 Å². The lowest BCUT2D eigenvalue weighted by Gasteiger charge is -2.01. The maximum absolute atomic E-state index is 12.0. The molecule has 94 valence electrons. The predicted molar refractivity (Wildman–Crippen MR) is 72.8 cm³/mol. The van der Waals surface area contributed by atoms with E-state index >= 15 is 0 Å². The zero-order valence-corrected chi connectivity index (χ0v) is 10.8. The molecule has 1 heterocycles. The summed E-state index contributed by atoms with van der Waals surface area (Å²) in [5.74, 6) is 0.720. The zero-order valence-electron chi connectivity index (χ0n) is 10.8. The number of hydrogen-bond acceptors (Lipinski definition) is 1. The number of nitrogens with one attached hydrogen (secondary N) is 2. The molecule has 1 saturated carbocycles. The van der Waals surface area contributed by atoms with Crippen molar-refractivity contribution in [2.24, 2.45) is 5.92 Å². The fourth-order valence-electron chi connectivity index (χ4n) is 2.39. The van der Waals surface area contributed by atoms with Gasteiger partial charge in [0.25, 0.3) is 5.91 Å². The summed E-state index contributed by atoms with van der Waals surface area (Å²) in [5.41, 5.74) is 4.15. The van der Waals surface area contributed by atoms with E-state index in [1.807, 2.05) is 6.07 Å². The van der Waals surface area contributed by atoms with Crippen LogP contribution in [0, 0.1) is 19.8 Å². The number of carbonyl (C=O) groups is 1. The summed E-state index contributed by atoms with van der Waals surface area (Å²) in [6.07, 6.45) is 2.51. The quantitative estimate of drug-likeness (QED) is 0.854. The number of aromatic amines is 1.